The van der Waals surface area contributed by atoms with Gasteiger partial charge in [-0.05, 0) is 62.3 Å². The van der Waals surface area contributed by atoms with Crippen LogP contribution in [0.5, 0.6) is 0 Å². The number of anilines is 2. The molecule has 0 atom stereocenters. The van der Waals surface area contributed by atoms with Crippen molar-refractivity contribution in [3.63, 3.8) is 0 Å². The minimum atomic E-state index is -4.83. The highest BCUT2D eigenvalue weighted by Crippen LogP contribution is 2.33. The van der Waals surface area contributed by atoms with Crippen molar-refractivity contribution in [1.82, 2.24) is 5.32 Å². The summed E-state index contributed by atoms with van der Waals surface area (Å²) in [7, 11) is 1.96. The summed E-state index contributed by atoms with van der Waals surface area (Å²) >= 11 is 0. The van der Waals surface area contributed by atoms with Gasteiger partial charge in [0.05, 0.1) is 11.1 Å². The second-order valence-corrected chi connectivity index (χ2v) is 6.78. The van der Waals surface area contributed by atoms with Gasteiger partial charge in [-0.2, -0.15) is 13.2 Å². The summed E-state index contributed by atoms with van der Waals surface area (Å²) < 4.78 is 52.7. The number of carbonyl (C=O) groups is 1. The molecule has 1 saturated heterocycles. The van der Waals surface area contributed by atoms with E-state index in [0.29, 0.717) is 17.8 Å². The van der Waals surface area contributed by atoms with Gasteiger partial charge in [0, 0.05) is 24.5 Å². The lowest BCUT2D eigenvalue weighted by atomic mass is 10.0. The molecule has 0 radical (unpaired) electrons. The first-order valence-corrected chi connectivity index (χ1v) is 8.97. The normalized spacial score (nSPS) is 14.8. The Morgan fingerprint density at radius 2 is 1.83 bits per heavy atom. The summed E-state index contributed by atoms with van der Waals surface area (Å²) in [5, 5.41) is 5.78. The second-order valence-electron chi connectivity index (χ2n) is 6.78. The molecule has 3 rings (SSSR count). The van der Waals surface area contributed by atoms with E-state index in [2.05, 4.69) is 15.5 Å². The van der Waals surface area contributed by atoms with E-state index < -0.39 is 29.0 Å². The summed E-state index contributed by atoms with van der Waals surface area (Å²) in [6, 6.07) is 9.31. The van der Waals surface area contributed by atoms with Crippen LogP contribution in [0.3, 0.4) is 0 Å². The molecule has 0 aromatic heterocycles. The monoisotopic (exact) mass is 431 g/mol. The number of rotatable bonds is 4. The molecule has 1 aliphatic rings. The molecule has 4 nitrogen and oxygen atoms in total. The summed E-state index contributed by atoms with van der Waals surface area (Å²) in [4.78, 5) is 14.5. The zero-order valence-corrected chi connectivity index (χ0v) is 16.5. The fraction of sp³-hybridized carbons (Fsp3) is 0.350. The van der Waals surface area contributed by atoms with Crippen molar-refractivity contribution in [2.75, 3.05) is 30.4 Å². The van der Waals surface area contributed by atoms with Crippen LogP contribution in [0.2, 0.25) is 0 Å². The minimum Gasteiger partial charge on any atom is -0.371 e. The molecule has 1 amide bonds. The molecule has 1 heterocycles. The van der Waals surface area contributed by atoms with Crippen molar-refractivity contribution in [3.05, 3.63) is 59.4 Å². The molecule has 0 unspecified atom stereocenters. The predicted octanol–water partition coefficient (Wildman–Crippen LogP) is 4.71. The van der Waals surface area contributed by atoms with Crippen molar-refractivity contribution >= 4 is 29.7 Å². The smallest absolute Gasteiger partial charge is 0.371 e. The van der Waals surface area contributed by atoms with Gasteiger partial charge < -0.3 is 15.5 Å². The van der Waals surface area contributed by atoms with Gasteiger partial charge in [0.2, 0.25) is 0 Å². The number of alkyl halides is 3. The topological polar surface area (TPSA) is 44.4 Å². The third-order valence-corrected chi connectivity index (χ3v) is 4.90. The van der Waals surface area contributed by atoms with E-state index in [9.17, 15) is 22.4 Å². The molecule has 0 bridgehead atoms. The third-order valence-electron chi connectivity index (χ3n) is 4.90. The van der Waals surface area contributed by atoms with Crippen LogP contribution < -0.4 is 15.5 Å². The fourth-order valence-electron chi connectivity index (χ4n) is 3.36. The van der Waals surface area contributed by atoms with Crippen molar-refractivity contribution in [2.24, 2.45) is 0 Å². The molecule has 0 spiro atoms. The zero-order valence-electron chi connectivity index (χ0n) is 15.7. The summed E-state index contributed by atoms with van der Waals surface area (Å²) in [6.07, 6.45) is -2.86. The lowest BCUT2D eigenvalue weighted by Gasteiger charge is -2.33. The van der Waals surface area contributed by atoms with E-state index in [4.69, 9.17) is 0 Å². The number of nitrogens with one attached hydrogen (secondary N) is 2. The van der Waals surface area contributed by atoms with Gasteiger partial charge in [0.25, 0.3) is 5.91 Å². The molecule has 2 aromatic rings. The molecule has 2 aromatic carbocycles. The first kappa shape index (κ1) is 23.0. The Morgan fingerprint density at radius 3 is 2.48 bits per heavy atom. The van der Waals surface area contributed by atoms with Crippen molar-refractivity contribution in [2.45, 2.75) is 25.1 Å². The molecule has 9 heteroatoms. The maximum atomic E-state index is 13.2. The summed E-state index contributed by atoms with van der Waals surface area (Å²) in [5.74, 6) is -1.98. The van der Waals surface area contributed by atoms with Crippen LogP contribution in [0.25, 0.3) is 0 Å². The molecule has 1 aliphatic heterocycles. The number of amides is 1. The predicted molar refractivity (Wildman–Crippen MR) is 107 cm³/mol. The highest BCUT2D eigenvalue weighted by atomic mass is 35.5. The van der Waals surface area contributed by atoms with Crippen molar-refractivity contribution in [1.29, 1.82) is 0 Å². The molecular weight excluding hydrogens is 410 g/mol. The number of hydrogen-bond acceptors (Lipinski definition) is 3. The number of carbonyl (C=O) groups excluding carboxylic acids is 1. The van der Waals surface area contributed by atoms with Gasteiger partial charge in [-0.15, -0.1) is 12.4 Å². The van der Waals surface area contributed by atoms with Crippen LogP contribution in [-0.4, -0.2) is 32.1 Å². The molecular formula is C20H22ClF4N3O. The zero-order chi connectivity index (χ0) is 20.3. The largest absolute Gasteiger partial charge is 0.417 e. The second kappa shape index (κ2) is 9.45. The van der Waals surface area contributed by atoms with Gasteiger partial charge in [0.1, 0.15) is 5.82 Å². The lowest BCUT2D eigenvalue weighted by molar-refractivity contribution is -0.138. The maximum absolute atomic E-state index is 13.2. The van der Waals surface area contributed by atoms with Gasteiger partial charge in [-0.3, -0.25) is 4.79 Å². The van der Waals surface area contributed by atoms with E-state index in [-0.39, 0.29) is 12.4 Å². The molecule has 158 valence electrons. The Kier molecular flexibility index (Phi) is 7.48. The van der Waals surface area contributed by atoms with E-state index >= 15 is 0 Å². The van der Waals surface area contributed by atoms with Crippen LogP contribution >= 0.6 is 12.4 Å². The molecule has 29 heavy (non-hydrogen) atoms. The Bertz CT molecular complexity index is 854. The quantitative estimate of drug-likeness (QED) is 0.689. The van der Waals surface area contributed by atoms with Crippen LogP contribution in [-0.2, 0) is 6.18 Å². The maximum Gasteiger partial charge on any atom is 0.417 e. The average Bonchev–Trinajstić information content (AvgIpc) is 2.67. The third kappa shape index (κ3) is 5.61. The number of benzene rings is 2. The minimum absolute atomic E-state index is 0. The highest BCUT2D eigenvalue weighted by Gasteiger charge is 2.35. The highest BCUT2D eigenvalue weighted by molar-refractivity contribution is 6.05. The van der Waals surface area contributed by atoms with Crippen LogP contribution in [0, 0.1) is 5.82 Å². The summed E-state index contributed by atoms with van der Waals surface area (Å²) in [6.45, 7) is 1.85. The van der Waals surface area contributed by atoms with Crippen LogP contribution in [0.4, 0.5) is 28.9 Å². The first-order chi connectivity index (χ1) is 13.3. The number of piperidine rings is 1. The standard InChI is InChI=1S/C20H21F4N3O.ClH/c1-27(15-7-9-25-10-8-15)16-4-2-3-14(12-16)26-19(28)17-6-5-13(21)11-18(17)20(22,23)24;/h2-6,11-12,15,25H,7-10H2,1H3,(H,26,28);1H. The number of halogens is 5. The number of hydrogen-bond donors (Lipinski definition) is 2. The Labute approximate surface area is 172 Å². The van der Waals surface area contributed by atoms with E-state index in [1.807, 2.05) is 13.1 Å². The Morgan fingerprint density at radius 1 is 1.14 bits per heavy atom. The van der Waals surface area contributed by atoms with Gasteiger partial charge in [0.15, 0.2) is 0 Å². The van der Waals surface area contributed by atoms with Gasteiger partial charge in [-0.25, -0.2) is 4.39 Å². The van der Waals surface area contributed by atoms with E-state index in [1.54, 1.807) is 18.2 Å². The Hall–Kier alpha value is -2.32. The van der Waals surface area contributed by atoms with Crippen LogP contribution in [0.1, 0.15) is 28.8 Å². The lowest BCUT2D eigenvalue weighted by Crippen LogP contribution is -2.41. The average molecular weight is 432 g/mol. The van der Waals surface area contributed by atoms with Gasteiger partial charge >= 0.3 is 6.18 Å². The number of nitrogens with zero attached hydrogens (tertiary/aromatic N) is 1. The fourth-order valence-corrected chi connectivity index (χ4v) is 3.36. The van der Waals surface area contributed by atoms with Gasteiger partial charge in [-0.1, -0.05) is 6.07 Å². The molecule has 0 aliphatic carbocycles. The van der Waals surface area contributed by atoms with Crippen LogP contribution in [0.15, 0.2) is 42.5 Å². The first-order valence-electron chi connectivity index (χ1n) is 8.97. The van der Waals surface area contributed by atoms with E-state index in [0.717, 1.165) is 43.8 Å². The molecule has 1 fully saturated rings. The molecule has 0 saturated carbocycles. The SMILES string of the molecule is CN(c1cccc(NC(=O)c2ccc(F)cc2C(F)(F)F)c1)C1CCNCC1.Cl. The van der Waals surface area contributed by atoms with Crippen molar-refractivity contribution < 1.29 is 22.4 Å². The molecule has 2 N–H and O–H groups in total. The van der Waals surface area contributed by atoms with E-state index in [1.165, 1.54) is 0 Å². The summed E-state index contributed by atoms with van der Waals surface area (Å²) in [5.41, 5.74) is -0.681. The Balaban J connectivity index is 0.00000300. The van der Waals surface area contributed by atoms with Crippen molar-refractivity contribution in [3.8, 4) is 0 Å².